The molecule has 2 atom stereocenters. The molecule has 0 radical (unpaired) electrons. The molecule has 1 N–H and O–H groups in total. The van der Waals surface area contributed by atoms with E-state index in [0.717, 1.165) is 44.3 Å². The maximum atomic E-state index is 11.1. The van der Waals surface area contributed by atoms with E-state index in [4.69, 9.17) is 4.74 Å². The predicted octanol–water partition coefficient (Wildman–Crippen LogP) is 3.65. The lowest BCUT2D eigenvalue weighted by molar-refractivity contribution is -0.0675. The summed E-state index contributed by atoms with van der Waals surface area (Å²) in [6, 6.07) is 0. The minimum Gasteiger partial charge on any atom is -0.501 e. The number of hydrogen-bond donors (Lipinski definition) is 1. The van der Waals surface area contributed by atoms with Crippen molar-refractivity contribution in [3.63, 3.8) is 0 Å². The zero-order valence-electron chi connectivity index (χ0n) is 11.5. The Kier molecular flexibility index (Phi) is 3.53. The van der Waals surface area contributed by atoms with Gasteiger partial charge >= 0.3 is 0 Å². The van der Waals surface area contributed by atoms with Crippen LogP contribution in [0.1, 0.15) is 59.3 Å². The Morgan fingerprint density at radius 2 is 2.06 bits per heavy atom. The Morgan fingerprint density at radius 3 is 2.65 bits per heavy atom. The maximum absolute atomic E-state index is 11.1. The second-order valence-corrected chi connectivity index (χ2v) is 6.71. The molecule has 0 saturated heterocycles. The first kappa shape index (κ1) is 12.9. The Bertz CT molecular complexity index is 301. The van der Waals surface area contributed by atoms with E-state index < -0.39 is 5.60 Å². The molecular formula is C15H26O2. The number of hydrogen-bond acceptors (Lipinski definition) is 2. The molecular weight excluding hydrogens is 212 g/mol. The van der Waals surface area contributed by atoms with E-state index >= 15 is 0 Å². The Morgan fingerprint density at radius 1 is 1.29 bits per heavy atom. The van der Waals surface area contributed by atoms with Crippen molar-refractivity contribution < 1.29 is 9.84 Å². The topological polar surface area (TPSA) is 29.5 Å². The summed E-state index contributed by atoms with van der Waals surface area (Å²) in [5.41, 5.74) is 0.688. The van der Waals surface area contributed by atoms with E-state index in [-0.39, 0.29) is 5.41 Å². The molecule has 1 heterocycles. The molecule has 2 heteroatoms. The summed E-state index contributed by atoms with van der Waals surface area (Å²) in [7, 11) is 0. The summed E-state index contributed by atoms with van der Waals surface area (Å²) in [5.74, 6) is 0.358. The Hall–Kier alpha value is -0.500. The number of rotatable bonds is 1. The largest absolute Gasteiger partial charge is 0.501 e. The second-order valence-electron chi connectivity index (χ2n) is 6.71. The van der Waals surface area contributed by atoms with Crippen molar-refractivity contribution in [1.82, 2.24) is 0 Å². The quantitative estimate of drug-likeness (QED) is 0.755. The van der Waals surface area contributed by atoms with Gasteiger partial charge in [-0.2, -0.15) is 0 Å². The van der Waals surface area contributed by atoms with Crippen LogP contribution in [-0.2, 0) is 4.74 Å². The lowest BCUT2D eigenvalue weighted by Gasteiger charge is -2.48. The monoisotopic (exact) mass is 238 g/mol. The van der Waals surface area contributed by atoms with Crippen LogP contribution in [0, 0.1) is 11.3 Å². The highest BCUT2D eigenvalue weighted by molar-refractivity contribution is 5.20. The van der Waals surface area contributed by atoms with Crippen molar-refractivity contribution in [3.05, 3.63) is 11.8 Å². The molecule has 0 aromatic carbocycles. The third kappa shape index (κ3) is 2.52. The summed E-state index contributed by atoms with van der Waals surface area (Å²) < 4.78 is 5.44. The molecule has 0 aromatic rings. The van der Waals surface area contributed by atoms with Crippen LogP contribution < -0.4 is 0 Å². The molecule has 0 bridgehead atoms. The predicted molar refractivity (Wildman–Crippen MR) is 69.6 cm³/mol. The minimum absolute atomic E-state index is 0.160. The van der Waals surface area contributed by atoms with Gasteiger partial charge < -0.3 is 9.84 Å². The van der Waals surface area contributed by atoms with Gasteiger partial charge in [-0.3, -0.25) is 0 Å². The van der Waals surface area contributed by atoms with E-state index in [0.29, 0.717) is 5.92 Å². The van der Waals surface area contributed by atoms with Crippen LogP contribution >= 0.6 is 0 Å². The van der Waals surface area contributed by atoms with Gasteiger partial charge in [0, 0.05) is 0 Å². The molecule has 0 amide bonds. The van der Waals surface area contributed by atoms with E-state index in [1.54, 1.807) is 0 Å². The van der Waals surface area contributed by atoms with Crippen LogP contribution in [0.4, 0.5) is 0 Å². The average Bonchev–Trinajstić information content (AvgIpc) is 2.29. The van der Waals surface area contributed by atoms with Gasteiger partial charge in [-0.15, -0.1) is 0 Å². The summed E-state index contributed by atoms with van der Waals surface area (Å²) in [6.45, 7) is 7.55. The van der Waals surface area contributed by atoms with Gasteiger partial charge in [-0.05, 0) is 42.6 Å². The standard InChI is InChI=1S/C15H26O2/c1-14(2,3)13-8-4-5-9-15(13,16)12-7-6-10-17-11-12/h11,13,16H,4-10H2,1-3H3. The van der Waals surface area contributed by atoms with E-state index in [2.05, 4.69) is 20.8 Å². The fourth-order valence-electron chi connectivity index (χ4n) is 3.57. The lowest BCUT2D eigenvalue weighted by atomic mass is 9.61. The first-order valence-electron chi connectivity index (χ1n) is 6.98. The molecule has 2 aliphatic rings. The van der Waals surface area contributed by atoms with Crippen molar-refractivity contribution in [1.29, 1.82) is 0 Å². The van der Waals surface area contributed by atoms with Crippen molar-refractivity contribution in [2.24, 2.45) is 11.3 Å². The highest BCUT2D eigenvalue weighted by atomic mass is 16.5. The molecule has 0 aromatic heterocycles. The van der Waals surface area contributed by atoms with Crippen molar-refractivity contribution in [2.45, 2.75) is 64.9 Å². The van der Waals surface area contributed by atoms with Gasteiger partial charge in [0.25, 0.3) is 0 Å². The molecule has 2 rings (SSSR count). The first-order valence-corrected chi connectivity index (χ1v) is 6.98. The van der Waals surface area contributed by atoms with Crippen molar-refractivity contribution in [2.75, 3.05) is 6.61 Å². The molecule has 17 heavy (non-hydrogen) atoms. The number of ether oxygens (including phenoxy) is 1. The SMILES string of the molecule is CC(C)(C)C1CCCCC1(O)C1=COCCC1. The zero-order valence-corrected chi connectivity index (χ0v) is 11.5. The third-order valence-electron chi connectivity index (χ3n) is 4.41. The Balaban J connectivity index is 2.27. The summed E-state index contributed by atoms with van der Waals surface area (Å²) in [6.07, 6.45) is 8.32. The Labute approximate surface area is 105 Å². The van der Waals surface area contributed by atoms with Gasteiger partial charge in [0.1, 0.15) is 0 Å². The van der Waals surface area contributed by atoms with Crippen LogP contribution in [0.15, 0.2) is 11.8 Å². The van der Waals surface area contributed by atoms with Gasteiger partial charge in [-0.25, -0.2) is 0 Å². The van der Waals surface area contributed by atoms with Crippen LogP contribution in [0.5, 0.6) is 0 Å². The summed E-state index contributed by atoms with van der Waals surface area (Å²) >= 11 is 0. The number of aliphatic hydroxyl groups is 1. The van der Waals surface area contributed by atoms with E-state index in [9.17, 15) is 5.11 Å². The molecule has 1 aliphatic carbocycles. The first-order chi connectivity index (χ1) is 7.94. The minimum atomic E-state index is -0.614. The third-order valence-corrected chi connectivity index (χ3v) is 4.41. The van der Waals surface area contributed by atoms with E-state index in [1.807, 2.05) is 6.26 Å². The molecule has 1 fully saturated rings. The van der Waals surface area contributed by atoms with Crippen molar-refractivity contribution >= 4 is 0 Å². The van der Waals surface area contributed by atoms with Gasteiger partial charge in [0.05, 0.1) is 18.5 Å². The van der Waals surface area contributed by atoms with Crippen molar-refractivity contribution in [3.8, 4) is 0 Å². The maximum Gasteiger partial charge on any atom is 0.0922 e. The van der Waals surface area contributed by atoms with Gasteiger partial charge in [0.15, 0.2) is 0 Å². The van der Waals surface area contributed by atoms with Crippen LogP contribution in [0.2, 0.25) is 0 Å². The van der Waals surface area contributed by atoms with E-state index in [1.165, 1.54) is 6.42 Å². The molecule has 0 spiro atoms. The lowest BCUT2D eigenvalue weighted by Crippen LogP contribution is -2.48. The second kappa shape index (κ2) is 4.64. The normalized spacial score (nSPS) is 35.1. The summed E-state index contributed by atoms with van der Waals surface area (Å²) in [4.78, 5) is 0. The summed E-state index contributed by atoms with van der Waals surface area (Å²) in [5, 5.41) is 11.1. The molecule has 2 unspecified atom stereocenters. The highest BCUT2D eigenvalue weighted by Gasteiger charge is 2.47. The molecule has 2 nitrogen and oxygen atoms in total. The molecule has 1 aliphatic heterocycles. The van der Waals surface area contributed by atoms with Crippen LogP contribution in [0.25, 0.3) is 0 Å². The molecule has 1 saturated carbocycles. The van der Waals surface area contributed by atoms with Crippen LogP contribution in [-0.4, -0.2) is 17.3 Å². The fourth-order valence-corrected chi connectivity index (χ4v) is 3.57. The molecule has 98 valence electrons. The zero-order chi connectivity index (χ0) is 12.5. The van der Waals surface area contributed by atoms with Gasteiger partial charge in [-0.1, -0.05) is 33.6 Å². The smallest absolute Gasteiger partial charge is 0.0922 e. The fraction of sp³-hybridized carbons (Fsp3) is 0.867. The highest BCUT2D eigenvalue weighted by Crippen LogP contribution is 2.49. The van der Waals surface area contributed by atoms with Crippen LogP contribution in [0.3, 0.4) is 0 Å². The van der Waals surface area contributed by atoms with Gasteiger partial charge in [0.2, 0.25) is 0 Å². The average molecular weight is 238 g/mol.